The minimum atomic E-state index is 0.0776. The van der Waals surface area contributed by atoms with Gasteiger partial charge in [0.2, 0.25) is 0 Å². The van der Waals surface area contributed by atoms with E-state index in [2.05, 4.69) is 4.98 Å². The summed E-state index contributed by atoms with van der Waals surface area (Å²) < 4.78 is 5.45. The monoisotopic (exact) mass is 349 g/mol. The molecule has 2 heterocycles. The molecule has 0 unspecified atom stereocenters. The molecular formula is C21H23N3O2. The third-order valence-corrected chi connectivity index (χ3v) is 4.92. The number of piperidine rings is 1. The largest absolute Gasteiger partial charge is 0.494 e. The zero-order valence-electron chi connectivity index (χ0n) is 14.9. The number of nitrogens with one attached hydrogen (secondary N) is 1. The first kappa shape index (κ1) is 16.6. The number of carbonyl (C=O) groups excluding carboxylic acids is 1. The van der Waals surface area contributed by atoms with Gasteiger partial charge in [0.1, 0.15) is 11.6 Å². The standard InChI is InChI=1S/C21H23N3O2/c1-2-26-17-11-9-15(10-12-17)21(25)24-13-5-6-16(14-24)20-22-18-7-3-4-8-19(18)23-20/h3-4,7-12,16H,2,5-6,13-14H2,1H3,(H,22,23)/t16-/m1/s1. The predicted molar refractivity (Wildman–Crippen MR) is 102 cm³/mol. The molecule has 1 aliphatic heterocycles. The zero-order valence-corrected chi connectivity index (χ0v) is 14.9. The molecule has 1 N–H and O–H groups in total. The quantitative estimate of drug-likeness (QED) is 0.775. The maximum atomic E-state index is 12.9. The average Bonchev–Trinajstić information content (AvgIpc) is 3.13. The number of ether oxygens (including phenoxy) is 1. The molecule has 5 heteroatoms. The van der Waals surface area contributed by atoms with Crippen LogP contribution in [0.5, 0.6) is 5.75 Å². The van der Waals surface area contributed by atoms with Gasteiger partial charge in [-0.25, -0.2) is 4.98 Å². The topological polar surface area (TPSA) is 58.2 Å². The number of H-pyrrole nitrogens is 1. The molecule has 1 aromatic heterocycles. The second kappa shape index (κ2) is 7.20. The number of aromatic nitrogens is 2. The Morgan fingerprint density at radius 1 is 1.23 bits per heavy atom. The van der Waals surface area contributed by atoms with Crippen LogP contribution in [0.4, 0.5) is 0 Å². The number of likely N-dealkylation sites (tertiary alicyclic amines) is 1. The molecule has 26 heavy (non-hydrogen) atoms. The highest BCUT2D eigenvalue weighted by atomic mass is 16.5. The summed E-state index contributed by atoms with van der Waals surface area (Å²) in [6.45, 7) is 4.07. The molecule has 134 valence electrons. The number of amides is 1. The lowest BCUT2D eigenvalue weighted by Gasteiger charge is -2.32. The molecular weight excluding hydrogens is 326 g/mol. The molecule has 0 aliphatic carbocycles. The number of imidazole rings is 1. The van der Waals surface area contributed by atoms with Crippen molar-refractivity contribution in [1.82, 2.24) is 14.9 Å². The van der Waals surface area contributed by atoms with Crippen molar-refractivity contribution in [3.8, 4) is 5.75 Å². The predicted octanol–water partition coefficient (Wildman–Crippen LogP) is 3.98. The molecule has 1 saturated heterocycles. The van der Waals surface area contributed by atoms with E-state index in [0.29, 0.717) is 18.7 Å². The Hall–Kier alpha value is -2.82. The lowest BCUT2D eigenvalue weighted by molar-refractivity contribution is 0.0705. The van der Waals surface area contributed by atoms with Gasteiger partial charge in [-0.05, 0) is 56.2 Å². The van der Waals surface area contributed by atoms with Gasteiger partial charge < -0.3 is 14.6 Å². The van der Waals surface area contributed by atoms with Gasteiger partial charge in [-0.3, -0.25) is 4.79 Å². The maximum Gasteiger partial charge on any atom is 0.253 e. The third-order valence-electron chi connectivity index (χ3n) is 4.92. The normalized spacial score (nSPS) is 17.4. The molecule has 0 saturated carbocycles. The molecule has 4 rings (SSSR count). The lowest BCUT2D eigenvalue weighted by atomic mass is 9.96. The van der Waals surface area contributed by atoms with E-state index in [0.717, 1.165) is 42.0 Å². The van der Waals surface area contributed by atoms with Gasteiger partial charge in [0, 0.05) is 24.6 Å². The minimum absolute atomic E-state index is 0.0776. The first-order valence-electron chi connectivity index (χ1n) is 9.21. The van der Waals surface area contributed by atoms with E-state index < -0.39 is 0 Å². The summed E-state index contributed by atoms with van der Waals surface area (Å²) in [5.74, 6) is 2.11. The number of nitrogens with zero attached hydrogens (tertiary/aromatic N) is 2. The molecule has 1 amide bonds. The molecule has 2 aromatic carbocycles. The molecule has 3 aromatic rings. The van der Waals surface area contributed by atoms with Gasteiger partial charge in [0.25, 0.3) is 5.91 Å². The van der Waals surface area contributed by atoms with Gasteiger partial charge in [-0.15, -0.1) is 0 Å². The van der Waals surface area contributed by atoms with E-state index in [1.807, 2.05) is 60.4 Å². The lowest BCUT2D eigenvalue weighted by Crippen LogP contribution is -2.39. The van der Waals surface area contributed by atoms with Crippen LogP contribution in [0.15, 0.2) is 48.5 Å². The van der Waals surface area contributed by atoms with Crippen LogP contribution < -0.4 is 4.74 Å². The van der Waals surface area contributed by atoms with Crippen LogP contribution in [0, 0.1) is 0 Å². The summed E-state index contributed by atoms with van der Waals surface area (Å²) in [6.07, 6.45) is 2.04. The van der Waals surface area contributed by atoms with Crippen LogP contribution >= 0.6 is 0 Å². The smallest absolute Gasteiger partial charge is 0.253 e. The molecule has 0 spiro atoms. The second-order valence-electron chi connectivity index (χ2n) is 6.69. The Labute approximate surface area is 153 Å². The van der Waals surface area contributed by atoms with Crippen LogP contribution in [-0.2, 0) is 0 Å². The van der Waals surface area contributed by atoms with Crippen LogP contribution in [0.2, 0.25) is 0 Å². The summed E-state index contributed by atoms with van der Waals surface area (Å²) >= 11 is 0. The second-order valence-corrected chi connectivity index (χ2v) is 6.69. The van der Waals surface area contributed by atoms with Crippen LogP contribution in [0.25, 0.3) is 11.0 Å². The first-order valence-corrected chi connectivity index (χ1v) is 9.21. The summed E-state index contributed by atoms with van der Waals surface area (Å²) in [5, 5.41) is 0. The molecule has 1 aliphatic rings. The van der Waals surface area contributed by atoms with Gasteiger partial charge in [-0.1, -0.05) is 12.1 Å². The van der Waals surface area contributed by atoms with E-state index in [1.165, 1.54) is 0 Å². The molecule has 0 radical (unpaired) electrons. The Bertz CT molecular complexity index is 868. The first-order chi connectivity index (χ1) is 12.7. The van der Waals surface area contributed by atoms with Gasteiger partial charge in [0.05, 0.1) is 17.6 Å². The average molecular weight is 349 g/mol. The van der Waals surface area contributed by atoms with Crippen molar-refractivity contribution < 1.29 is 9.53 Å². The number of hydrogen-bond donors (Lipinski definition) is 1. The fraction of sp³-hybridized carbons (Fsp3) is 0.333. The SMILES string of the molecule is CCOc1ccc(C(=O)N2CCC[C@@H](c3nc4ccccc4[nH]3)C2)cc1. The number of aromatic amines is 1. The van der Waals surface area contributed by atoms with Crippen molar-refractivity contribution in [2.75, 3.05) is 19.7 Å². The summed E-state index contributed by atoms with van der Waals surface area (Å²) in [6, 6.07) is 15.5. The fourth-order valence-corrected chi connectivity index (χ4v) is 3.59. The molecule has 0 bridgehead atoms. The van der Waals surface area contributed by atoms with Crippen molar-refractivity contribution in [3.63, 3.8) is 0 Å². The highest BCUT2D eigenvalue weighted by Crippen LogP contribution is 2.27. The Balaban J connectivity index is 1.49. The van der Waals surface area contributed by atoms with Gasteiger partial charge >= 0.3 is 0 Å². The van der Waals surface area contributed by atoms with Gasteiger partial charge in [0.15, 0.2) is 0 Å². The van der Waals surface area contributed by atoms with Crippen molar-refractivity contribution in [2.45, 2.75) is 25.7 Å². The van der Waals surface area contributed by atoms with Crippen LogP contribution in [0.3, 0.4) is 0 Å². The van der Waals surface area contributed by atoms with Gasteiger partial charge in [-0.2, -0.15) is 0 Å². The summed E-state index contributed by atoms with van der Waals surface area (Å²) in [4.78, 5) is 23.0. The Kier molecular flexibility index (Phi) is 4.61. The van der Waals surface area contributed by atoms with Crippen molar-refractivity contribution in [3.05, 3.63) is 59.9 Å². The molecule has 1 atom stereocenters. The van der Waals surface area contributed by atoms with Crippen molar-refractivity contribution >= 4 is 16.9 Å². The third kappa shape index (κ3) is 3.29. The number of benzene rings is 2. The van der Waals surface area contributed by atoms with Crippen LogP contribution in [0.1, 0.15) is 41.9 Å². The van der Waals surface area contributed by atoms with Crippen molar-refractivity contribution in [1.29, 1.82) is 0 Å². The van der Waals surface area contributed by atoms with Crippen molar-refractivity contribution in [2.24, 2.45) is 0 Å². The van der Waals surface area contributed by atoms with E-state index >= 15 is 0 Å². The number of hydrogen-bond acceptors (Lipinski definition) is 3. The molecule has 1 fully saturated rings. The zero-order chi connectivity index (χ0) is 17.9. The highest BCUT2D eigenvalue weighted by molar-refractivity contribution is 5.94. The summed E-state index contributed by atoms with van der Waals surface area (Å²) in [5.41, 5.74) is 2.74. The number of para-hydroxylation sites is 2. The number of fused-ring (bicyclic) bond motifs is 1. The fourth-order valence-electron chi connectivity index (χ4n) is 3.59. The van der Waals surface area contributed by atoms with Crippen LogP contribution in [-0.4, -0.2) is 40.5 Å². The number of rotatable bonds is 4. The Morgan fingerprint density at radius 2 is 2.04 bits per heavy atom. The maximum absolute atomic E-state index is 12.9. The van der Waals surface area contributed by atoms with E-state index in [9.17, 15) is 4.79 Å². The van der Waals surface area contributed by atoms with E-state index in [-0.39, 0.29) is 11.8 Å². The van der Waals surface area contributed by atoms with E-state index in [1.54, 1.807) is 0 Å². The molecule has 5 nitrogen and oxygen atoms in total. The highest BCUT2D eigenvalue weighted by Gasteiger charge is 2.27. The summed E-state index contributed by atoms with van der Waals surface area (Å²) in [7, 11) is 0. The minimum Gasteiger partial charge on any atom is -0.494 e. The Morgan fingerprint density at radius 3 is 2.81 bits per heavy atom. The van der Waals surface area contributed by atoms with E-state index in [4.69, 9.17) is 9.72 Å². The number of carbonyl (C=O) groups is 1.